The predicted molar refractivity (Wildman–Crippen MR) is 167 cm³/mol. The average Bonchev–Trinajstić information content (AvgIpc) is 3.39. The second-order valence-electron chi connectivity index (χ2n) is 9.88. The highest BCUT2D eigenvalue weighted by Crippen LogP contribution is 2.43. The molecule has 0 spiro atoms. The monoisotopic (exact) mass is 694 g/mol. The van der Waals surface area contributed by atoms with Gasteiger partial charge in [-0.15, -0.1) is 0 Å². The van der Waals surface area contributed by atoms with Gasteiger partial charge in [-0.25, -0.2) is 9.38 Å². The van der Waals surface area contributed by atoms with E-state index >= 15 is 0 Å². The van der Waals surface area contributed by atoms with Crippen LogP contribution in [0.3, 0.4) is 0 Å². The molecule has 1 aliphatic rings. The molecule has 0 saturated heterocycles. The van der Waals surface area contributed by atoms with E-state index < -0.39 is 17.5 Å². The summed E-state index contributed by atoms with van der Waals surface area (Å²) in [6, 6.07) is 28.9. The summed E-state index contributed by atoms with van der Waals surface area (Å²) in [5.74, 6) is 0.193. The molecule has 9 heteroatoms. The third-order valence-electron chi connectivity index (χ3n) is 7.02. The van der Waals surface area contributed by atoms with Gasteiger partial charge in [-0.1, -0.05) is 80.4 Å². The molecule has 0 unspecified atom stereocenters. The summed E-state index contributed by atoms with van der Waals surface area (Å²) < 4.78 is 28.4. The number of nitrogens with zero attached hydrogens (tertiary/aromatic N) is 1. The fraction of sp³-hybridized carbons (Fsp3) is 0.212. The van der Waals surface area contributed by atoms with Crippen molar-refractivity contribution in [1.82, 2.24) is 5.32 Å². The fourth-order valence-electron chi connectivity index (χ4n) is 4.82. The summed E-state index contributed by atoms with van der Waals surface area (Å²) >= 11 is 7.13. The van der Waals surface area contributed by atoms with Gasteiger partial charge >= 0.3 is 0 Å². The molecule has 0 bridgehead atoms. The van der Waals surface area contributed by atoms with Crippen LogP contribution in [-0.2, 0) is 22.5 Å². The van der Waals surface area contributed by atoms with Crippen molar-refractivity contribution in [3.05, 3.63) is 134 Å². The van der Waals surface area contributed by atoms with E-state index in [1.165, 1.54) is 6.07 Å². The van der Waals surface area contributed by atoms with Crippen molar-refractivity contribution < 1.29 is 23.8 Å². The molecule has 0 radical (unpaired) electrons. The Morgan fingerprint density at radius 2 is 1.64 bits per heavy atom. The molecule has 5 rings (SSSR count). The van der Waals surface area contributed by atoms with Gasteiger partial charge in [0.25, 0.3) is 5.91 Å². The number of hydrogen-bond acceptors (Lipinski definition) is 5. The summed E-state index contributed by atoms with van der Waals surface area (Å²) in [5.41, 5.74) is 1.30. The van der Waals surface area contributed by atoms with Crippen LogP contribution < -0.4 is 10.1 Å². The van der Waals surface area contributed by atoms with Gasteiger partial charge in [0.05, 0.1) is 6.61 Å². The Kier molecular flexibility index (Phi) is 9.72. The number of aliphatic hydroxyl groups is 1. The summed E-state index contributed by atoms with van der Waals surface area (Å²) in [5, 5.41) is 12.0. The van der Waals surface area contributed by atoms with E-state index in [0.29, 0.717) is 35.8 Å². The normalized spacial score (nSPS) is 17.8. The third-order valence-corrected chi connectivity index (χ3v) is 8.32. The zero-order chi connectivity index (χ0) is 29.5. The summed E-state index contributed by atoms with van der Waals surface area (Å²) in [4.78, 5) is 19.3. The van der Waals surface area contributed by atoms with Crippen molar-refractivity contribution in [3.63, 3.8) is 0 Å². The van der Waals surface area contributed by atoms with Crippen LogP contribution in [0.4, 0.5) is 4.39 Å². The number of carbonyl (C=O) groups is 1. The molecule has 216 valence electrons. The molecular formula is C33H29Br2FN2O4. The number of rotatable bonds is 11. The van der Waals surface area contributed by atoms with Gasteiger partial charge in [0.2, 0.25) is 5.90 Å². The predicted octanol–water partition coefficient (Wildman–Crippen LogP) is 6.93. The van der Waals surface area contributed by atoms with E-state index in [0.717, 1.165) is 20.1 Å². The first-order valence-electron chi connectivity index (χ1n) is 13.5. The SMILES string of the molecule is O=C(NCc1ccccc1F)[C@]1(Cc2ccccc2Br)N=C(c2ccc(OCCCO)cc2)O[C@@H]1c1ccc(Br)cc1. The highest BCUT2D eigenvalue weighted by Gasteiger charge is 2.53. The average molecular weight is 696 g/mol. The zero-order valence-electron chi connectivity index (χ0n) is 22.6. The van der Waals surface area contributed by atoms with Crippen LogP contribution in [0, 0.1) is 5.82 Å². The smallest absolute Gasteiger partial charge is 0.252 e. The van der Waals surface area contributed by atoms with E-state index in [1.807, 2.05) is 60.7 Å². The maximum Gasteiger partial charge on any atom is 0.252 e. The molecule has 2 atom stereocenters. The molecule has 4 aromatic rings. The minimum absolute atomic E-state index is 0.000995. The van der Waals surface area contributed by atoms with E-state index in [4.69, 9.17) is 19.6 Å². The molecule has 1 aliphatic heterocycles. The van der Waals surface area contributed by atoms with Gasteiger partial charge in [-0.3, -0.25) is 4.79 Å². The number of amides is 1. The van der Waals surface area contributed by atoms with E-state index in [1.54, 1.807) is 30.3 Å². The highest BCUT2D eigenvalue weighted by molar-refractivity contribution is 9.10. The molecular weight excluding hydrogens is 667 g/mol. The Labute approximate surface area is 260 Å². The fourth-order valence-corrected chi connectivity index (χ4v) is 5.51. The first kappa shape index (κ1) is 29.9. The molecule has 0 aliphatic carbocycles. The van der Waals surface area contributed by atoms with Crippen molar-refractivity contribution in [1.29, 1.82) is 0 Å². The van der Waals surface area contributed by atoms with Crippen molar-refractivity contribution in [2.45, 2.75) is 31.0 Å². The minimum Gasteiger partial charge on any atom is -0.494 e. The Morgan fingerprint density at radius 3 is 2.33 bits per heavy atom. The Morgan fingerprint density at radius 1 is 0.952 bits per heavy atom. The number of carbonyl (C=O) groups excluding carboxylic acids is 1. The van der Waals surface area contributed by atoms with Gasteiger partial charge in [-0.2, -0.15) is 0 Å². The van der Waals surface area contributed by atoms with Crippen molar-refractivity contribution in [2.24, 2.45) is 4.99 Å². The van der Waals surface area contributed by atoms with Gasteiger partial charge in [0, 0.05) is 46.1 Å². The van der Waals surface area contributed by atoms with Gasteiger partial charge in [0.15, 0.2) is 11.6 Å². The van der Waals surface area contributed by atoms with Gasteiger partial charge in [-0.05, 0) is 59.7 Å². The number of aliphatic imine (C=N–C) groups is 1. The van der Waals surface area contributed by atoms with Crippen molar-refractivity contribution >= 4 is 43.7 Å². The molecule has 42 heavy (non-hydrogen) atoms. The first-order valence-corrected chi connectivity index (χ1v) is 15.1. The first-order chi connectivity index (χ1) is 20.4. The highest BCUT2D eigenvalue weighted by atomic mass is 79.9. The van der Waals surface area contributed by atoms with Crippen LogP contribution in [0.2, 0.25) is 0 Å². The number of aliphatic hydroxyl groups excluding tert-OH is 1. The van der Waals surface area contributed by atoms with Gasteiger partial charge < -0.3 is 19.9 Å². The van der Waals surface area contributed by atoms with E-state index in [9.17, 15) is 9.18 Å². The van der Waals surface area contributed by atoms with Crippen LogP contribution in [0.5, 0.6) is 5.75 Å². The summed E-state index contributed by atoms with van der Waals surface area (Å²) in [6.45, 7) is 0.454. The number of halogens is 3. The van der Waals surface area contributed by atoms with E-state index in [-0.39, 0.29) is 25.5 Å². The number of benzene rings is 4. The van der Waals surface area contributed by atoms with Crippen molar-refractivity contribution in [3.8, 4) is 5.75 Å². The third kappa shape index (κ3) is 6.75. The van der Waals surface area contributed by atoms with Crippen LogP contribution in [0.15, 0.2) is 111 Å². The molecule has 2 N–H and O–H groups in total. The molecule has 0 aromatic heterocycles. The Balaban J connectivity index is 1.56. The second-order valence-corrected chi connectivity index (χ2v) is 11.7. The largest absolute Gasteiger partial charge is 0.494 e. The molecule has 0 fully saturated rings. The lowest BCUT2D eigenvalue weighted by Gasteiger charge is -2.31. The van der Waals surface area contributed by atoms with Crippen LogP contribution >= 0.6 is 31.9 Å². The zero-order valence-corrected chi connectivity index (χ0v) is 25.8. The van der Waals surface area contributed by atoms with E-state index in [2.05, 4.69) is 37.2 Å². The molecule has 6 nitrogen and oxygen atoms in total. The number of ether oxygens (including phenoxy) is 2. The number of hydrogen-bond donors (Lipinski definition) is 2. The lowest BCUT2D eigenvalue weighted by atomic mass is 9.82. The standard InChI is InChI=1S/C33H29Br2FN2O4/c34-26-14-10-22(11-15-26)30-33(20-24-6-1-3-8-28(24)35,32(40)37-21-25-7-2-4-9-29(25)36)38-31(42-30)23-12-16-27(17-13-23)41-19-5-18-39/h1-4,6-17,30,39H,5,18-21H2,(H,37,40)/t30-,33-/m1/s1. The topological polar surface area (TPSA) is 80.2 Å². The number of nitrogens with one attached hydrogen (secondary N) is 1. The molecule has 0 saturated carbocycles. The Bertz CT molecular complexity index is 1560. The van der Waals surface area contributed by atoms with Crippen LogP contribution in [0.25, 0.3) is 0 Å². The summed E-state index contributed by atoms with van der Waals surface area (Å²) in [7, 11) is 0. The minimum atomic E-state index is -1.41. The molecule has 1 amide bonds. The summed E-state index contributed by atoms with van der Waals surface area (Å²) in [6.07, 6.45) is -0.00959. The quantitative estimate of drug-likeness (QED) is 0.167. The maximum atomic E-state index is 14.5. The van der Waals surface area contributed by atoms with Gasteiger partial charge in [0.1, 0.15) is 11.6 Å². The maximum absolute atomic E-state index is 14.5. The molecule has 4 aromatic carbocycles. The lowest BCUT2D eigenvalue weighted by molar-refractivity contribution is -0.129. The van der Waals surface area contributed by atoms with Crippen LogP contribution in [-0.4, -0.2) is 35.7 Å². The lowest BCUT2D eigenvalue weighted by Crippen LogP contribution is -2.49. The van der Waals surface area contributed by atoms with Crippen LogP contribution in [0.1, 0.15) is 34.8 Å². The Hall–Kier alpha value is -3.53. The second kappa shape index (κ2) is 13.6. The molecule has 1 heterocycles. The van der Waals surface area contributed by atoms with Crippen molar-refractivity contribution in [2.75, 3.05) is 13.2 Å².